The third-order valence-corrected chi connectivity index (χ3v) is 3.49. The van der Waals surface area contributed by atoms with Crippen molar-refractivity contribution in [2.24, 2.45) is 0 Å². The van der Waals surface area contributed by atoms with Gasteiger partial charge in [-0.05, 0) is 22.0 Å². The number of hydrogen-bond acceptors (Lipinski definition) is 4. The standard InChI is InChI=1S/C9H5BrN2OS/c10-5-1-8(14-4-5)7-3-13-9(12)6(7)2-11/h1,3-4H,12H2. The molecule has 2 aromatic heterocycles. The second-order valence-electron chi connectivity index (χ2n) is 2.63. The summed E-state index contributed by atoms with van der Waals surface area (Å²) in [5.74, 6) is 0.173. The minimum atomic E-state index is 0.173. The topological polar surface area (TPSA) is 63.0 Å². The number of furan rings is 1. The van der Waals surface area contributed by atoms with Crippen molar-refractivity contribution in [1.29, 1.82) is 5.26 Å². The van der Waals surface area contributed by atoms with Crippen LogP contribution in [0.5, 0.6) is 0 Å². The van der Waals surface area contributed by atoms with Gasteiger partial charge in [-0.15, -0.1) is 11.3 Å². The van der Waals surface area contributed by atoms with Crippen molar-refractivity contribution in [3.8, 4) is 16.5 Å². The van der Waals surface area contributed by atoms with Crippen molar-refractivity contribution in [3.63, 3.8) is 0 Å². The molecule has 0 saturated heterocycles. The first-order valence-electron chi connectivity index (χ1n) is 3.74. The van der Waals surface area contributed by atoms with Gasteiger partial charge in [0, 0.05) is 14.7 Å². The average molecular weight is 269 g/mol. The lowest BCUT2D eigenvalue weighted by Gasteiger charge is -1.89. The van der Waals surface area contributed by atoms with Crippen molar-refractivity contribution in [2.45, 2.75) is 0 Å². The molecule has 0 bridgehead atoms. The van der Waals surface area contributed by atoms with E-state index < -0.39 is 0 Å². The summed E-state index contributed by atoms with van der Waals surface area (Å²) in [6.45, 7) is 0. The quantitative estimate of drug-likeness (QED) is 0.864. The van der Waals surface area contributed by atoms with Crippen molar-refractivity contribution in [3.05, 3.63) is 27.7 Å². The van der Waals surface area contributed by atoms with Crippen LogP contribution in [0.3, 0.4) is 0 Å². The van der Waals surface area contributed by atoms with E-state index in [1.807, 2.05) is 17.5 Å². The number of nitrogen functional groups attached to an aromatic ring is 1. The number of anilines is 1. The van der Waals surface area contributed by atoms with Gasteiger partial charge in [0.15, 0.2) is 0 Å². The predicted octanol–water partition coefficient (Wildman–Crippen LogP) is 3.22. The van der Waals surface area contributed by atoms with Crippen LogP contribution < -0.4 is 5.73 Å². The Morgan fingerprint density at radius 3 is 2.93 bits per heavy atom. The highest BCUT2D eigenvalue weighted by atomic mass is 79.9. The lowest BCUT2D eigenvalue weighted by molar-refractivity contribution is 0.588. The van der Waals surface area contributed by atoms with Crippen LogP contribution in [0.1, 0.15) is 5.56 Å². The lowest BCUT2D eigenvalue weighted by Crippen LogP contribution is -1.84. The molecule has 0 aromatic carbocycles. The van der Waals surface area contributed by atoms with Crippen molar-refractivity contribution in [2.75, 3.05) is 5.73 Å². The van der Waals surface area contributed by atoms with Crippen LogP contribution in [0.15, 0.2) is 26.6 Å². The third kappa shape index (κ3) is 1.43. The van der Waals surface area contributed by atoms with Gasteiger partial charge >= 0.3 is 0 Å². The molecular weight excluding hydrogens is 264 g/mol. The third-order valence-electron chi connectivity index (χ3n) is 1.76. The van der Waals surface area contributed by atoms with Gasteiger partial charge in [-0.3, -0.25) is 0 Å². The van der Waals surface area contributed by atoms with E-state index in [4.69, 9.17) is 15.4 Å². The Labute approximate surface area is 92.9 Å². The summed E-state index contributed by atoms with van der Waals surface area (Å²) < 4.78 is 5.98. The molecule has 0 fully saturated rings. The lowest BCUT2D eigenvalue weighted by atomic mass is 10.2. The van der Waals surface area contributed by atoms with Crippen LogP contribution in [-0.2, 0) is 0 Å². The van der Waals surface area contributed by atoms with E-state index in [9.17, 15) is 0 Å². The van der Waals surface area contributed by atoms with Gasteiger partial charge in [0.25, 0.3) is 0 Å². The SMILES string of the molecule is N#Cc1c(-c2cc(Br)cs2)coc1N. The zero-order chi connectivity index (χ0) is 10.1. The van der Waals surface area contributed by atoms with Crippen LogP contribution in [0.2, 0.25) is 0 Å². The number of nitriles is 1. The Kier molecular flexibility index (Phi) is 2.32. The molecule has 14 heavy (non-hydrogen) atoms. The van der Waals surface area contributed by atoms with Crippen molar-refractivity contribution >= 4 is 33.2 Å². The van der Waals surface area contributed by atoms with Crippen LogP contribution >= 0.6 is 27.3 Å². The Bertz CT molecular complexity index is 509. The highest BCUT2D eigenvalue weighted by Crippen LogP contribution is 2.34. The van der Waals surface area contributed by atoms with Crippen LogP contribution in [0, 0.1) is 11.3 Å². The van der Waals surface area contributed by atoms with Crippen molar-refractivity contribution in [1.82, 2.24) is 0 Å². The fourth-order valence-electron chi connectivity index (χ4n) is 1.12. The predicted molar refractivity (Wildman–Crippen MR) is 58.8 cm³/mol. The van der Waals surface area contributed by atoms with Gasteiger partial charge in [0.1, 0.15) is 17.9 Å². The van der Waals surface area contributed by atoms with Gasteiger partial charge in [-0.25, -0.2) is 0 Å². The Morgan fingerprint density at radius 1 is 1.57 bits per heavy atom. The number of nitrogens with zero attached hydrogens (tertiary/aromatic N) is 1. The summed E-state index contributed by atoms with van der Waals surface area (Å²) in [4.78, 5) is 0.967. The van der Waals surface area contributed by atoms with E-state index in [0.29, 0.717) is 5.56 Å². The zero-order valence-electron chi connectivity index (χ0n) is 6.95. The van der Waals surface area contributed by atoms with Crippen LogP contribution in [-0.4, -0.2) is 0 Å². The molecule has 70 valence electrons. The number of halogens is 1. The van der Waals surface area contributed by atoms with E-state index in [1.54, 1.807) is 0 Å². The van der Waals surface area contributed by atoms with E-state index >= 15 is 0 Å². The molecule has 0 spiro atoms. The monoisotopic (exact) mass is 268 g/mol. The maximum atomic E-state index is 8.86. The summed E-state index contributed by atoms with van der Waals surface area (Å²) in [5.41, 5.74) is 6.65. The largest absolute Gasteiger partial charge is 0.447 e. The summed E-state index contributed by atoms with van der Waals surface area (Å²) in [5, 5.41) is 10.8. The highest BCUT2D eigenvalue weighted by Gasteiger charge is 2.13. The Balaban J connectivity index is 2.58. The number of thiophene rings is 1. The number of hydrogen-bond donors (Lipinski definition) is 1. The molecule has 2 N–H and O–H groups in total. The summed E-state index contributed by atoms with van der Waals surface area (Å²) in [6.07, 6.45) is 1.51. The van der Waals surface area contributed by atoms with Gasteiger partial charge in [0.2, 0.25) is 5.88 Å². The molecule has 0 atom stereocenters. The molecule has 3 nitrogen and oxygen atoms in total. The van der Waals surface area contributed by atoms with Crippen LogP contribution in [0.4, 0.5) is 5.88 Å². The van der Waals surface area contributed by atoms with Gasteiger partial charge < -0.3 is 10.2 Å². The maximum absolute atomic E-state index is 8.86. The fourth-order valence-corrected chi connectivity index (χ4v) is 2.56. The molecule has 5 heteroatoms. The van der Waals surface area contributed by atoms with Gasteiger partial charge in [0.05, 0.1) is 5.56 Å². The smallest absolute Gasteiger partial charge is 0.208 e. The Morgan fingerprint density at radius 2 is 2.36 bits per heavy atom. The molecule has 0 aliphatic carbocycles. The van der Waals surface area contributed by atoms with E-state index in [2.05, 4.69) is 15.9 Å². The van der Waals surface area contributed by atoms with Crippen LogP contribution in [0.25, 0.3) is 10.4 Å². The summed E-state index contributed by atoms with van der Waals surface area (Å²) in [6, 6.07) is 3.95. The van der Waals surface area contributed by atoms with Crippen molar-refractivity contribution < 1.29 is 4.42 Å². The zero-order valence-corrected chi connectivity index (χ0v) is 9.35. The molecular formula is C9H5BrN2OS. The number of nitrogens with two attached hydrogens (primary N) is 1. The van der Waals surface area contributed by atoms with E-state index in [0.717, 1.165) is 14.9 Å². The van der Waals surface area contributed by atoms with E-state index in [1.165, 1.54) is 17.6 Å². The first-order valence-corrected chi connectivity index (χ1v) is 5.41. The molecule has 0 amide bonds. The molecule has 2 rings (SSSR count). The average Bonchev–Trinajstić information content (AvgIpc) is 2.71. The molecule has 0 unspecified atom stereocenters. The Hall–Kier alpha value is -1.25. The fraction of sp³-hybridized carbons (Fsp3) is 0. The van der Waals surface area contributed by atoms with Gasteiger partial charge in [-0.2, -0.15) is 5.26 Å². The second kappa shape index (κ2) is 3.48. The van der Waals surface area contributed by atoms with Gasteiger partial charge in [-0.1, -0.05) is 0 Å². The molecule has 0 aliphatic rings. The molecule has 0 aliphatic heterocycles. The minimum Gasteiger partial charge on any atom is -0.447 e. The maximum Gasteiger partial charge on any atom is 0.208 e. The molecule has 0 radical (unpaired) electrons. The summed E-state index contributed by atoms with van der Waals surface area (Å²) >= 11 is 4.88. The normalized spacial score (nSPS) is 10.0. The number of rotatable bonds is 1. The second-order valence-corrected chi connectivity index (χ2v) is 4.46. The molecule has 2 heterocycles. The minimum absolute atomic E-state index is 0.173. The molecule has 0 saturated carbocycles. The first-order chi connectivity index (χ1) is 6.72. The van der Waals surface area contributed by atoms with E-state index in [-0.39, 0.29) is 5.88 Å². The molecule has 2 aromatic rings. The summed E-state index contributed by atoms with van der Waals surface area (Å²) in [7, 11) is 0. The first kappa shape index (κ1) is 9.31. The highest BCUT2D eigenvalue weighted by molar-refractivity contribution is 9.10.